The Morgan fingerprint density at radius 2 is 1.83 bits per heavy atom. The number of fused-ring (bicyclic) bond motifs is 5. The van der Waals surface area contributed by atoms with Crippen LogP contribution < -0.4 is 0 Å². The van der Waals surface area contributed by atoms with Crippen LogP contribution in [0.1, 0.15) is 116 Å². The van der Waals surface area contributed by atoms with Crippen LogP contribution in [0.4, 0.5) is 0 Å². The van der Waals surface area contributed by atoms with Gasteiger partial charge in [-0.05, 0) is 103 Å². The van der Waals surface area contributed by atoms with Gasteiger partial charge in [0.1, 0.15) is 6.10 Å². The van der Waals surface area contributed by atoms with Crippen molar-refractivity contribution < 1.29 is 9.53 Å². The van der Waals surface area contributed by atoms with Crippen LogP contribution in [0.15, 0.2) is 42.0 Å². The molecule has 4 aliphatic rings. The molecule has 7 atom stereocenters. The Bertz CT molecular complexity index is 945. The predicted molar refractivity (Wildman–Crippen MR) is 144 cm³/mol. The molecule has 7 unspecified atom stereocenters. The van der Waals surface area contributed by atoms with Crippen LogP contribution in [0.2, 0.25) is 0 Å². The average molecular weight is 477 g/mol. The summed E-state index contributed by atoms with van der Waals surface area (Å²) in [5, 5.41) is 0. The number of benzene rings is 1. The van der Waals surface area contributed by atoms with E-state index >= 15 is 0 Å². The van der Waals surface area contributed by atoms with Crippen molar-refractivity contribution in [1.82, 2.24) is 0 Å². The monoisotopic (exact) mass is 476 g/mol. The van der Waals surface area contributed by atoms with E-state index in [1.807, 2.05) is 30.3 Å². The van der Waals surface area contributed by atoms with Crippen LogP contribution in [0.5, 0.6) is 0 Å². The van der Waals surface area contributed by atoms with Gasteiger partial charge in [-0.1, -0.05) is 77.3 Å². The summed E-state index contributed by atoms with van der Waals surface area (Å²) in [5.41, 5.74) is 3.50. The molecule has 0 saturated heterocycles. The molecule has 1 aromatic carbocycles. The van der Waals surface area contributed by atoms with Crippen molar-refractivity contribution in [2.45, 2.75) is 111 Å². The van der Waals surface area contributed by atoms with Crippen LogP contribution in [0.3, 0.4) is 0 Å². The SMILES string of the molecule is CCCCC(C)(C)C1CCC2C3C(CC=C4CC(OC(=O)c5ccccc5)CCC43C)CCC21C. The molecule has 0 N–H and O–H groups in total. The number of hydrogen-bond acceptors (Lipinski definition) is 2. The van der Waals surface area contributed by atoms with E-state index in [1.165, 1.54) is 57.8 Å². The highest BCUT2D eigenvalue weighted by Crippen LogP contribution is 2.69. The van der Waals surface area contributed by atoms with Gasteiger partial charge in [-0.3, -0.25) is 0 Å². The summed E-state index contributed by atoms with van der Waals surface area (Å²) in [6.07, 6.45) is 16.7. The zero-order valence-electron chi connectivity index (χ0n) is 22.9. The molecule has 0 aromatic heterocycles. The van der Waals surface area contributed by atoms with E-state index < -0.39 is 0 Å². The van der Waals surface area contributed by atoms with E-state index in [1.54, 1.807) is 5.57 Å². The number of carbonyl (C=O) groups is 1. The number of hydrogen-bond donors (Lipinski definition) is 0. The van der Waals surface area contributed by atoms with E-state index in [0.717, 1.165) is 36.5 Å². The molecule has 0 aliphatic heterocycles. The molecule has 2 heteroatoms. The number of carbonyl (C=O) groups excluding carboxylic acids is 1. The van der Waals surface area contributed by atoms with Gasteiger partial charge in [0.2, 0.25) is 0 Å². The molecule has 0 heterocycles. The molecule has 5 rings (SSSR count). The molecule has 3 fully saturated rings. The summed E-state index contributed by atoms with van der Waals surface area (Å²) in [6.45, 7) is 12.8. The highest BCUT2D eigenvalue weighted by Gasteiger charge is 2.61. The standard InChI is InChI=1S/C33H48O2/c1-6-7-19-31(2,3)28-16-15-27-29-23(17-20-33(27,28)5)13-14-25-22-26(18-21-32(25,29)4)35-30(34)24-11-9-8-10-12-24/h8-12,14,23,26-29H,6-7,13,15-22H2,1-5H3. The summed E-state index contributed by atoms with van der Waals surface area (Å²) in [5.74, 6) is 3.20. The smallest absolute Gasteiger partial charge is 0.338 e. The normalized spacial score (nSPS) is 38.7. The fraction of sp³-hybridized carbons (Fsp3) is 0.727. The second-order valence-electron chi connectivity index (χ2n) is 13.7. The van der Waals surface area contributed by atoms with Crippen molar-refractivity contribution in [2.24, 2.45) is 39.9 Å². The van der Waals surface area contributed by atoms with E-state index in [2.05, 4.69) is 40.7 Å². The van der Waals surface area contributed by atoms with Gasteiger partial charge in [0.25, 0.3) is 0 Å². The molecule has 1 aromatic rings. The minimum atomic E-state index is -0.160. The molecule has 4 aliphatic carbocycles. The van der Waals surface area contributed by atoms with Gasteiger partial charge in [-0.15, -0.1) is 0 Å². The van der Waals surface area contributed by atoms with Crippen molar-refractivity contribution in [1.29, 1.82) is 0 Å². The summed E-state index contributed by atoms with van der Waals surface area (Å²) < 4.78 is 6.03. The third-order valence-electron chi connectivity index (χ3n) is 11.4. The molecule has 3 saturated carbocycles. The first kappa shape index (κ1) is 25.1. The molecule has 2 nitrogen and oxygen atoms in total. The Labute approximate surface area is 214 Å². The van der Waals surface area contributed by atoms with Gasteiger partial charge in [-0.2, -0.15) is 0 Å². The quantitative estimate of drug-likeness (QED) is 0.302. The Hall–Kier alpha value is -1.57. The number of esters is 1. The van der Waals surface area contributed by atoms with Gasteiger partial charge in [0.15, 0.2) is 0 Å². The van der Waals surface area contributed by atoms with Crippen molar-refractivity contribution >= 4 is 5.97 Å². The molecular formula is C33H48O2. The minimum Gasteiger partial charge on any atom is -0.458 e. The molecule has 0 spiro atoms. The number of ether oxygens (including phenoxy) is 1. The van der Waals surface area contributed by atoms with Crippen LogP contribution in [0, 0.1) is 39.9 Å². The van der Waals surface area contributed by atoms with Gasteiger partial charge < -0.3 is 4.74 Å². The Balaban J connectivity index is 1.34. The molecule has 0 bridgehead atoms. The Kier molecular flexibility index (Phi) is 6.73. The minimum absolute atomic E-state index is 0.0258. The maximum absolute atomic E-state index is 12.7. The largest absolute Gasteiger partial charge is 0.458 e. The summed E-state index contributed by atoms with van der Waals surface area (Å²) in [6, 6.07) is 9.50. The first-order valence-electron chi connectivity index (χ1n) is 14.6. The van der Waals surface area contributed by atoms with E-state index in [9.17, 15) is 4.79 Å². The lowest BCUT2D eigenvalue weighted by molar-refractivity contribution is -0.0820. The summed E-state index contributed by atoms with van der Waals surface area (Å²) >= 11 is 0. The first-order valence-corrected chi connectivity index (χ1v) is 14.6. The number of allylic oxidation sites excluding steroid dienone is 1. The number of unbranched alkanes of at least 4 members (excludes halogenated alkanes) is 1. The fourth-order valence-corrected chi connectivity index (χ4v) is 9.62. The topological polar surface area (TPSA) is 26.3 Å². The first-order chi connectivity index (χ1) is 16.7. The number of rotatable bonds is 6. The van der Waals surface area contributed by atoms with Gasteiger partial charge in [0.05, 0.1) is 5.56 Å². The van der Waals surface area contributed by atoms with Gasteiger partial charge in [-0.25, -0.2) is 4.79 Å². The maximum Gasteiger partial charge on any atom is 0.338 e. The third-order valence-corrected chi connectivity index (χ3v) is 11.4. The lowest BCUT2D eigenvalue weighted by atomic mass is 9.45. The molecule has 192 valence electrons. The Morgan fingerprint density at radius 1 is 1.06 bits per heavy atom. The van der Waals surface area contributed by atoms with Gasteiger partial charge in [0, 0.05) is 6.42 Å². The van der Waals surface area contributed by atoms with Crippen LogP contribution in [0.25, 0.3) is 0 Å². The summed E-state index contributed by atoms with van der Waals surface area (Å²) in [4.78, 5) is 12.7. The molecule has 0 amide bonds. The van der Waals surface area contributed by atoms with E-state index in [-0.39, 0.29) is 17.5 Å². The van der Waals surface area contributed by atoms with Crippen molar-refractivity contribution in [3.63, 3.8) is 0 Å². The highest BCUT2D eigenvalue weighted by molar-refractivity contribution is 5.89. The average Bonchev–Trinajstić information content (AvgIpc) is 3.21. The highest BCUT2D eigenvalue weighted by atomic mass is 16.5. The van der Waals surface area contributed by atoms with Crippen LogP contribution in [-0.2, 0) is 4.74 Å². The molecule has 35 heavy (non-hydrogen) atoms. The van der Waals surface area contributed by atoms with E-state index in [0.29, 0.717) is 16.4 Å². The second kappa shape index (κ2) is 9.38. The fourth-order valence-electron chi connectivity index (χ4n) is 9.62. The van der Waals surface area contributed by atoms with Crippen molar-refractivity contribution in [2.75, 3.05) is 0 Å². The zero-order chi connectivity index (χ0) is 24.8. The van der Waals surface area contributed by atoms with Gasteiger partial charge >= 0.3 is 5.97 Å². The van der Waals surface area contributed by atoms with Crippen LogP contribution in [-0.4, -0.2) is 12.1 Å². The summed E-state index contributed by atoms with van der Waals surface area (Å²) in [7, 11) is 0. The maximum atomic E-state index is 12.7. The van der Waals surface area contributed by atoms with Crippen molar-refractivity contribution in [3.05, 3.63) is 47.5 Å². The van der Waals surface area contributed by atoms with Crippen molar-refractivity contribution in [3.8, 4) is 0 Å². The zero-order valence-corrected chi connectivity index (χ0v) is 22.9. The molecular weight excluding hydrogens is 428 g/mol. The predicted octanol–water partition coefficient (Wildman–Crippen LogP) is 9.01. The lowest BCUT2D eigenvalue weighted by Gasteiger charge is -2.60. The Morgan fingerprint density at radius 3 is 2.57 bits per heavy atom. The lowest BCUT2D eigenvalue weighted by Crippen LogP contribution is -2.53. The second-order valence-corrected chi connectivity index (χ2v) is 13.7. The third kappa shape index (κ3) is 4.31. The molecule has 0 radical (unpaired) electrons. The van der Waals surface area contributed by atoms with Crippen LogP contribution >= 0.6 is 0 Å². The van der Waals surface area contributed by atoms with E-state index in [4.69, 9.17) is 4.74 Å².